The summed E-state index contributed by atoms with van der Waals surface area (Å²) in [7, 11) is 0. The minimum absolute atomic E-state index is 0.000764. The number of rotatable bonds is 0. The van der Waals surface area contributed by atoms with Crippen LogP contribution in [0.4, 0.5) is 0 Å². The van der Waals surface area contributed by atoms with Crippen LogP contribution in [0.2, 0.25) is 0 Å². The molecule has 0 aromatic carbocycles. The van der Waals surface area contributed by atoms with Gasteiger partial charge in [0.1, 0.15) is 0 Å². The summed E-state index contributed by atoms with van der Waals surface area (Å²) in [6, 6.07) is 0. The van der Waals surface area contributed by atoms with Crippen LogP contribution in [0.25, 0.3) is 0 Å². The van der Waals surface area contributed by atoms with Gasteiger partial charge in [-0.2, -0.15) is 0 Å². The second-order valence-electron chi connectivity index (χ2n) is 3.39. The zero-order valence-corrected chi connectivity index (χ0v) is 5.93. The molecule has 0 heterocycles. The first-order chi connectivity index (χ1) is 4.10. The smallest absolute Gasteiger partial charge is 0.0541 e. The van der Waals surface area contributed by atoms with E-state index < -0.39 is 0 Å². The van der Waals surface area contributed by atoms with E-state index in [0.717, 1.165) is 25.7 Å². The second-order valence-corrected chi connectivity index (χ2v) is 3.39. The van der Waals surface area contributed by atoms with Crippen LogP contribution in [0, 0.1) is 0 Å². The highest BCUT2D eigenvalue weighted by Crippen LogP contribution is 2.25. The molecule has 0 spiro atoms. The van der Waals surface area contributed by atoms with Gasteiger partial charge in [-0.15, -0.1) is 0 Å². The van der Waals surface area contributed by atoms with E-state index in [1.54, 1.807) is 0 Å². The van der Waals surface area contributed by atoms with Crippen LogP contribution in [0.15, 0.2) is 0 Å². The van der Waals surface area contributed by atoms with E-state index in [9.17, 15) is 0 Å². The maximum Gasteiger partial charge on any atom is 0.0541 e. The number of aliphatic hydroxyl groups excluding tert-OH is 1. The van der Waals surface area contributed by atoms with Crippen molar-refractivity contribution in [1.82, 2.24) is 0 Å². The molecule has 0 unspecified atom stereocenters. The largest absolute Gasteiger partial charge is 0.393 e. The fourth-order valence-electron chi connectivity index (χ4n) is 1.26. The maximum atomic E-state index is 9.09. The summed E-state index contributed by atoms with van der Waals surface area (Å²) in [6.45, 7) is 2.05. The SMILES string of the molecule is C[C@]1(N)CC[C@@H](O)CC1. The van der Waals surface area contributed by atoms with Gasteiger partial charge in [0.2, 0.25) is 0 Å². The summed E-state index contributed by atoms with van der Waals surface area (Å²) in [5.74, 6) is 0. The summed E-state index contributed by atoms with van der Waals surface area (Å²) in [5, 5.41) is 9.09. The molecule has 1 rings (SSSR count). The van der Waals surface area contributed by atoms with Crippen molar-refractivity contribution < 1.29 is 5.11 Å². The van der Waals surface area contributed by atoms with Crippen LogP contribution in [-0.4, -0.2) is 16.7 Å². The van der Waals surface area contributed by atoms with Crippen molar-refractivity contribution in [2.24, 2.45) is 5.73 Å². The third kappa shape index (κ3) is 1.95. The number of hydrogen-bond acceptors (Lipinski definition) is 2. The van der Waals surface area contributed by atoms with Crippen LogP contribution in [0.3, 0.4) is 0 Å². The highest BCUT2D eigenvalue weighted by atomic mass is 16.3. The molecule has 2 nitrogen and oxygen atoms in total. The van der Waals surface area contributed by atoms with E-state index in [1.807, 2.05) is 0 Å². The molecule has 0 atom stereocenters. The Morgan fingerprint density at radius 3 is 2.22 bits per heavy atom. The van der Waals surface area contributed by atoms with Gasteiger partial charge in [-0.05, 0) is 32.6 Å². The highest BCUT2D eigenvalue weighted by Gasteiger charge is 2.25. The average Bonchev–Trinajstić information content (AvgIpc) is 1.78. The van der Waals surface area contributed by atoms with Gasteiger partial charge in [0.15, 0.2) is 0 Å². The molecule has 0 aliphatic heterocycles. The van der Waals surface area contributed by atoms with Gasteiger partial charge < -0.3 is 10.8 Å². The molecule has 0 radical (unpaired) electrons. The van der Waals surface area contributed by atoms with Gasteiger partial charge in [-0.25, -0.2) is 0 Å². The molecule has 1 fully saturated rings. The van der Waals surface area contributed by atoms with Crippen molar-refractivity contribution in [2.45, 2.75) is 44.2 Å². The Hall–Kier alpha value is -0.0800. The minimum atomic E-state index is -0.0818. The van der Waals surface area contributed by atoms with Gasteiger partial charge in [0.05, 0.1) is 6.10 Å². The summed E-state index contributed by atoms with van der Waals surface area (Å²) < 4.78 is 0. The van der Waals surface area contributed by atoms with Gasteiger partial charge >= 0.3 is 0 Å². The van der Waals surface area contributed by atoms with Crippen molar-refractivity contribution in [1.29, 1.82) is 0 Å². The van der Waals surface area contributed by atoms with Gasteiger partial charge in [0.25, 0.3) is 0 Å². The zero-order valence-electron chi connectivity index (χ0n) is 5.93. The van der Waals surface area contributed by atoms with Crippen molar-refractivity contribution >= 4 is 0 Å². The average molecular weight is 129 g/mol. The fourth-order valence-corrected chi connectivity index (χ4v) is 1.26. The predicted molar refractivity (Wildman–Crippen MR) is 37.1 cm³/mol. The van der Waals surface area contributed by atoms with Crippen LogP contribution in [0.1, 0.15) is 32.6 Å². The number of nitrogens with two attached hydrogens (primary N) is 1. The highest BCUT2D eigenvalue weighted by molar-refractivity contribution is 4.85. The molecular weight excluding hydrogens is 114 g/mol. The maximum absolute atomic E-state index is 9.09. The molecule has 0 amide bonds. The summed E-state index contributed by atoms with van der Waals surface area (Å²) in [4.78, 5) is 0. The van der Waals surface area contributed by atoms with Crippen molar-refractivity contribution in [2.75, 3.05) is 0 Å². The quantitative estimate of drug-likeness (QED) is 0.504. The topological polar surface area (TPSA) is 46.2 Å². The van der Waals surface area contributed by atoms with E-state index in [2.05, 4.69) is 6.92 Å². The fraction of sp³-hybridized carbons (Fsp3) is 1.00. The van der Waals surface area contributed by atoms with E-state index >= 15 is 0 Å². The molecule has 0 aromatic rings. The summed E-state index contributed by atoms with van der Waals surface area (Å²) >= 11 is 0. The molecule has 0 aromatic heterocycles. The third-order valence-corrected chi connectivity index (χ3v) is 2.10. The Morgan fingerprint density at radius 1 is 1.44 bits per heavy atom. The number of hydrogen-bond donors (Lipinski definition) is 2. The third-order valence-electron chi connectivity index (χ3n) is 2.10. The standard InChI is InChI=1S/C7H15NO/c1-7(8)4-2-6(9)3-5-7/h6,9H,2-5,8H2,1H3/t6-,7+. The lowest BCUT2D eigenvalue weighted by Crippen LogP contribution is -2.41. The van der Waals surface area contributed by atoms with Gasteiger partial charge in [-0.1, -0.05) is 0 Å². The van der Waals surface area contributed by atoms with Gasteiger partial charge in [-0.3, -0.25) is 0 Å². The molecule has 2 heteroatoms. The minimum Gasteiger partial charge on any atom is -0.393 e. The normalized spacial score (nSPS) is 45.0. The van der Waals surface area contributed by atoms with Gasteiger partial charge in [0, 0.05) is 5.54 Å². The van der Waals surface area contributed by atoms with Crippen molar-refractivity contribution in [3.63, 3.8) is 0 Å². The molecule has 0 bridgehead atoms. The Morgan fingerprint density at radius 2 is 1.89 bits per heavy atom. The van der Waals surface area contributed by atoms with Crippen LogP contribution < -0.4 is 5.73 Å². The molecule has 1 saturated carbocycles. The molecule has 9 heavy (non-hydrogen) atoms. The molecule has 3 N–H and O–H groups in total. The summed E-state index contributed by atoms with van der Waals surface area (Å²) in [6.07, 6.45) is 3.61. The number of aliphatic hydroxyl groups is 1. The van der Waals surface area contributed by atoms with Crippen molar-refractivity contribution in [3.8, 4) is 0 Å². The van der Waals surface area contributed by atoms with E-state index in [4.69, 9.17) is 10.8 Å². The monoisotopic (exact) mass is 129 g/mol. The molecule has 54 valence electrons. The molecular formula is C7H15NO. The first kappa shape index (κ1) is 7.03. The van der Waals surface area contributed by atoms with Crippen molar-refractivity contribution in [3.05, 3.63) is 0 Å². The second kappa shape index (κ2) is 2.27. The van der Waals surface area contributed by atoms with Crippen LogP contribution in [0.5, 0.6) is 0 Å². The van der Waals surface area contributed by atoms with E-state index in [-0.39, 0.29) is 11.6 Å². The molecule has 0 saturated heterocycles. The van der Waals surface area contributed by atoms with Crippen LogP contribution in [-0.2, 0) is 0 Å². The first-order valence-corrected chi connectivity index (χ1v) is 3.57. The Kier molecular flexibility index (Phi) is 1.78. The molecule has 1 aliphatic rings. The Bertz CT molecular complexity index is 91.1. The lowest BCUT2D eigenvalue weighted by Gasteiger charge is -2.31. The lowest BCUT2D eigenvalue weighted by atomic mass is 9.83. The van der Waals surface area contributed by atoms with E-state index in [1.165, 1.54) is 0 Å². The predicted octanol–water partition coefficient (Wildman–Crippen LogP) is 0.639. The summed E-state index contributed by atoms with van der Waals surface area (Å²) in [5.41, 5.74) is 5.83. The Labute approximate surface area is 56.1 Å². The van der Waals surface area contributed by atoms with Crippen LogP contribution >= 0.6 is 0 Å². The van der Waals surface area contributed by atoms with E-state index in [0.29, 0.717) is 0 Å². The first-order valence-electron chi connectivity index (χ1n) is 3.57. The lowest BCUT2D eigenvalue weighted by molar-refractivity contribution is 0.102. The molecule has 1 aliphatic carbocycles. The zero-order chi connectivity index (χ0) is 6.91. The Balaban J connectivity index is 2.35.